The summed E-state index contributed by atoms with van der Waals surface area (Å²) in [6.07, 6.45) is 9.44. The van der Waals surface area contributed by atoms with Gasteiger partial charge in [0.1, 0.15) is 0 Å². The zero-order valence-electron chi connectivity index (χ0n) is 9.27. The van der Waals surface area contributed by atoms with Crippen molar-refractivity contribution in [2.75, 3.05) is 0 Å². The second-order valence-electron chi connectivity index (χ2n) is 5.69. The first-order chi connectivity index (χ1) is 6.58. The van der Waals surface area contributed by atoms with E-state index in [-0.39, 0.29) is 5.41 Å². The van der Waals surface area contributed by atoms with Crippen molar-refractivity contribution in [1.82, 2.24) is 0 Å². The van der Waals surface area contributed by atoms with Crippen molar-refractivity contribution in [3.63, 3.8) is 0 Å². The lowest BCUT2D eigenvalue weighted by molar-refractivity contribution is 0.0622. The highest BCUT2D eigenvalue weighted by atomic mass is 14.6. The van der Waals surface area contributed by atoms with Crippen molar-refractivity contribution in [2.45, 2.75) is 52.4 Å². The maximum atomic E-state index is 9.33. The van der Waals surface area contributed by atoms with Gasteiger partial charge in [-0.05, 0) is 43.9 Å². The molecular formula is C13H19N. The molecule has 0 aromatic carbocycles. The minimum atomic E-state index is -0.0656. The highest BCUT2D eigenvalue weighted by Crippen LogP contribution is 2.58. The zero-order valence-corrected chi connectivity index (χ0v) is 9.27. The molecule has 0 N–H and O–H groups in total. The molecule has 0 unspecified atom stereocenters. The fourth-order valence-corrected chi connectivity index (χ4v) is 3.23. The molecule has 0 aromatic rings. The van der Waals surface area contributed by atoms with Crippen LogP contribution in [-0.2, 0) is 0 Å². The van der Waals surface area contributed by atoms with Crippen molar-refractivity contribution in [3.8, 4) is 6.07 Å². The normalized spacial score (nSPS) is 28.5. The van der Waals surface area contributed by atoms with Crippen LogP contribution in [0.1, 0.15) is 52.4 Å². The summed E-state index contributed by atoms with van der Waals surface area (Å²) in [4.78, 5) is 0. The predicted molar refractivity (Wildman–Crippen MR) is 57.6 cm³/mol. The topological polar surface area (TPSA) is 23.8 Å². The number of hydrogen-bond acceptors (Lipinski definition) is 1. The molecule has 0 amide bonds. The Labute approximate surface area is 86.8 Å². The molecule has 0 heterocycles. The summed E-state index contributed by atoms with van der Waals surface area (Å²) >= 11 is 0. The fourth-order valence-electron chi connectivity index (χ4n) is 3.23. The summed E-state index contributed by atoms with van der Waals surface area (Å²) in [5, 5.41) is 9.33. The van der Waals surface area contributed by atoms with Crippen LogP contribution in [0.2, 0.25) is 0 Å². The molecule has 1 nitrogen and oxygen atoms in total. The molecule has 76 valence electrons. The van der Waals surface area contributed by atoms with Crippen LogP contribution in [0.15, 0.2) is 11.6 Å². The van der Waals surface area contributed by atoms with Crippen LogP contribution < -0.4 is 0 Å². The van der Waals surface area contributed by atoms with Crippen molar-refractivity contribution in [1.29, 1.82) is 5.26 Å². The summed E-state index contributed by atoms with van der Waals surface area (Å²) in [6, 6.07) is 2.57. The van der Waals surface area contributed by atoms with Gasteiger partial charge in [0.25, 0.3) is 0 Å². The van der Waals surface area contributed by atoms with Gasteiger partial charge in [-0.2, -0.15) is 5.26 Å². The standard InChI is InChI=1S/C13H19N/c1-12(2)8-13(9-12,10-14)11-6-4-3-5-7-11/h6H,3-5,7-9H2,1-2H3. The lowest BCUT2D eigenvalue weighted by Crippen LogP contribution is -2.43. The van der Waals surface area contributed by atoms with Crippen molar-refractivity contribution in [2.24, 2.45) is 10.8 Å². The Hall–Kier alpha value is -0.770. The van der Waals surface area contributed by atoms with E-state index in [1.807, 2.05) is 0 Å². The van der Waals surface area contributed by atoms with E-state index in [2.05, 4.69) is 26.0 Å². The maximum Gasteiger partial charge on any atom is 0.0792 e. The molecule has 0 bridgehead atoms. The van der Waals surface area contributed by atoms with E-state index in [0.717, 1.165) is 12.8 Å². The summed E-state index contributed by atoms with van der Waals surface area (Å²) in [5.41, 5.74) is 1.78. The SMILES string of the molecule is CC1(C)CC(C#N)(C2=CCCCC2)C1. The van der Waals surface area contributed by atoms with Crippen molar-refractivity contribution >= 4 is 0 Å². The van der Waals surface area contributed by atoms with Gasteiger partial charge in [-0.3, -0.25) is 0 Å². The Morgan fingerprint density at radius 3 is 2.43 bits per heavy atom. The smallest absolute Gasteiger partial charge is 0.0792 e. The third kappa shape index (κ3) is 1.47. The van der Waals surface area contributed by atoms with Gasteiger partial charge < -0.3 is 0 Å². The second-order valence-corrected chi connectivity index (χ2v) is 5.69. The Morgan fingerprint density at radius 2 is 2.00 bits per heavy atom. The van der Waals surface area contributed by atoms with Crippen LogP contribution in [0, 0.1) is 22.2 Å². The van der Waals surface area contributed by atoms with Crippen LogP contribution in [0.5, 0.6) is 0 Å². The minimum Gasteiger partial charge on any atom is -0.197 e. The van der Waals surface area contributed by atoms with Gasteiger partial charge in [-0.25, -0.2) is 0 Å². The monoisotopic (exact) mass is 189 g/mol. The zero-order chi connectivity index (χ0) is 10.2. The fraction of sp³-hybridized carbons (Fsp3) is 0.769. The molecule has 0 aromatic heterocycles. The van der Waals surface area contributed by atoms with E-state index < -0.39 is 0 Å². The Kier molecular flexibility index (Phi) is 2.18. The second kappa shape index (κ2) is 3.12. The molecule has 1 fully saturated rings. The van der Waals surface area contributed by atoms with Crippen molar-refractivity contribution < 1.29 is 0 Å². The number of nitriles is 1. The average Bonchev–Trinajstić information content (AvgIpc) is 2.15. The lowest BCUT2D eigenvalue weighted by Gasteiger charge is -2.51. The first-order valence-electron chi connectivity index (χ1n) is 5.69. The third-order valence-electron chi connectivity index (χ3n) is 3.68. The summed E-state index contributed by atoms with van der Waals surface area (Å²) in [7, 11) is 0. The number of nitrogens with zero attached hydrogens (tertiary/aromatic N) is 1. The molecule has 2 aliphatic rings. The van der Waals surface area contributed by atoms with Gasteiger partial charge in [0, 0.05) is 0 Å². The summed E-state index contributed by atoms with van der Waals surface area (Å²) in [5.74, 6) is 0. The third-order valence-corrected chi connectivity index (χ3v) is 3.68. The van der Waals surface area contributed by atoms with Crippen LogP contribution >= 0.6 is 0 Å². The Bertz CT molecular complexity index is 296. The molecule has 14 heavy (non-hydrogen) atoms. The first-order valence-corrected chi connectivity index (χ1v) is 5.69. The molecule has 0 spiro atoms. The van der Waals surface area contributed by atoms with Gasteiger partial charge in [0.2, 0.25) is 0 Å². The molecule has 0 aliphatic heterocycles. The molecule has 0 radical (unpaired) electrons. The van der Waals surface area contributed by atoms with Gasteiger partial charge in [0.05, 0.1) is 11.5 Å². The molecular weight excluding hydrogens is 170 g/mol. The number of rotatable bonds is 1. The number of allylic oxidation sites excluding steroid dienone is 2. The Morgan fingerprint density at radius 1 is 1.29 bits per heavy atom. The highest BCUT2D eigenvalue weighted by molar-refractivity contribution is 5.30. The predicted octanol–water partition coefficient (Wildman–Crippen LogP) is 3.82. The number of hydrogen-bond donors (Lipinski definition) is 0. The summed E-state index contributed by atoms with van der Waals surface area (Å²) < 4.78 is 0. The molecule has 1 saturated carbocycles. The summed E-state index contributed by atoms with van der Waals surface area (Å²) in [6.45, 7) is 4.54. The molecule has 0 atom stereocenters. The van der Waals surface area contributed by atoms with E-state index in [4.69, 9.17) is 0 Å². The lowest BCUT2D eigenvalue weighted by atomic mass is 9.51. The Balaban J connectivity index is 2.16. The first kappa shape index (κ1) is 9.77. The maximum absolute atomic E-state index is 9.33. The molecule has 2 rings (SSSR count). The van der Waals surface area contributed by atoms with E-state index in [0.29, 0.717) is 5.41 Å². The minimum absolute atomic E-state index is 0.0656. The average molecular weight is 189 g/mol. The molecule has 2 aliphatic carbocycles. The van der Waals surface area contributed by atoms with Crippen molar-refractivity contribution in [3.05, 3.63) is 11.6 Å². The van der Waals surface area contributed by atoms with Gasteiger partial charge in [0.15, 0.2) is 0 Å². The quantitative estimate of drug-likeness (QED) is 0.575. The van der Waals surface area contributed by atoms with Crippen LogP contribution in [0.25, 0.3) is 0 Å². The van der Waals surface area contributed by atoms with Crippen LogP contribution in [-0.4, -0.2) is 0 Å². The molecule has 1 heteroatoms. The highest BCUT2D eigenvalue weighted by Gasteiger charge is 2.51. The van der Waals surface area contributed by atoms with Gasteiger partial charge in [-0.1, -0.05) is 25.5 Å². The van der Waals surface area contributed by atoms with Crippen LogP contribution in [0.4, 0.5) is 0 Å². The van der Waals surface area contributed by atoms with E-state index in [9.17, 15) is 5.26 Å². The van der Waals surface area contributed by atoms with Gasteiger partial charge >= 0.3 is 0 Å². The van der Waals surface area contributed by atoms with E-state index in [1.165, 1.54) is 31.3 Å². The van der Waals surface area contributed by atoms with Crippen LogP contribution in [0.3, 0.4) is 0 Å². The van der Waals surface area contributed by atoms with E-state index >= 15 is 0 Å². The van der Waals surface area contributed by atoms with E-state index in [1.54, 1.807) is 0 Å². The molecule has 0 saturated heterocycles. The van der Waals surface area contributed by atoms with Gasteiger partial charge in [-0.15, -0.1) is 0 Å². The largest absolute Gasteiger partial charge is 0.197 e.